The molecule has 1 heterocycles. The van der Waals surface area contributed by atoms with Crippen molar-refractivity contribution in [3.63, 3.8) is 0 Å². The number of ether oxygens (including phenoxy) is 2. The van der Waals surface area contributed by atoms with Crippen molar-refractivity contribution in [2.24, 2.45) is 0 Å². The predicted octanol–water partition coefficient (Wildman–Crippen LogP) is 5.65. The fraction of sp³-hybridized carbons (Fsp3) is 0.107. The maximum absolute atomic E-state index is 13.5. The maximum Gasteiger partial charge on any atom is 0.328 e. The number of anilines is 1. The van der Waals surface area contributed by atoms with Gasteiger partial charge in [0, 0.05) is 22.7 Å². The molecule has 8 nitrogen and oxygen atoms in total. The van der Waals surface area contributed by atoms with Crippen molar-refractivity contribution in [1.82, 2.24) is 0 Å². The van der Waals surface area contributed by atoms with E-state index in [1.165, 1.54) is 24.2 Å². The average Bonchev–Trinajstić information content (AvgIpc) is 3.16. The van der Waals surface area contributed by atoms with Crippen molar-refractivity contribution >= 4 is 52.3 Å². The van der Waals surface area contributed by atoms with Crippen LogP contribution in [0.15, 0.2) is 84.5 Å². The van der Waals surface area contributed by atoms with Crippen LogP contribution in [0.3, 0.4) is 0 Å². The number of hydrogen-bond donors (Lipinski definition) is 2. The highest BCUT2D eigenvalue weighted by molar-refractivity contribution is 6.52. The van der Waals surface area contributed by atoms with Crippen LogP contribution in [0.2, 0.25) is 10.0 Å². The van der Waals surface area contributed by atoms with Gasteiger partial charge in [-0.2, -0.15) is 0 Å². The number of aliphatic carboxylic acids is 1. The Morgan fingerprint density at radius 3 is 2.39 bits per heavy atom. The molecule has 1 unspecified atom stereocenters. The van der Waals surface area contributed by atoms with E-state index in [9.17, 15) is 19.5 Å². The van der Waals surface area contributed by atoms with Crippen LogP contribution in [0.25, 0.3) is 5.76 Å². The molecule has 0 aliphatic carbocycles. The Hall–Kier alpha value is -4.27. The average molecular weight is 554 g/mol. The number of benzene rings is 3. The number of aliphatic hydroxyl groups is 1. The van der Waals surface area contributed by atoms with Gasteiger partial charge in [0.05, 0.1) is 29.4 Å². The monoisotopic (exact) mass is 553 g/mol. The minimum Gasteiger partial charge on any atom is -0.507 e. The second-order valence-electron chi connectivity index (χ2n) is 8.09. The third kappa shape index (κ3) is 5.37. The molecule has 1 saturated heterocycles. The summed E-state index contributed by atoms with van der Waals surface area (Å²) >= 11 is 12.4. The lowest BCUT2D eigenvalue weighted by Crippen LogP contribution is -2.30. The summed E-state index contributed by atoms with van der Waals surface area (Å²) in [6, 6.07) is 16.5. The quantitative estimate of drug-likeness (QED) is 0.210. The van der Waals surface area contributed by atoms with E-state index in [2.05, 4.69) is 0 Å². The van der Waals surface area contributed by atoms with Gasteiger partial charge in [-0.05, 0) is 48.0 Å². The van der Waals surface area contributed by atoms with Gasteiger partial charge in [-0.25, -0.2) is 4.79 Å². The molecule has 1 aliphatic heterocycles. The highest BCUT2D eigenvalue weighted by Gasteiger charge is 2.48. The van der Waals surface area contributed by atoms with E-state index in [0.717, 1.165) is 6.08 Å². The molecule has 2 N–H and O–H groups in total. The number of carboxylic acids is 1. The predicted molar refractivity (Wildman–Crippen MR) is 143 cm³/mol. The fourth-order valence-electron chi connectivity index (χ4n) is 4.06. The number of Topliss-reactive ketones (excluding diaryl/α,β-unsaturated/α-hetero) is 1. The number of halogens is 2. The van der Waals surface area contributed by atoms with Gasteiger partial charge in [0.25, 0.3) is 11.7 Å². The standard InChI is InChI=1S/C28H21Cl2NO7/c1-37-18-12-13-21(22(15-18)38-14-4-7-23(32)33)31-25(16-8-10-17(29)11-9-16)24(27(35)28(31)36)26(34)19-5-2-3-6-20(19)30/h2-13,15,25,34H,14H2,1H3,(H,32,33). The number of carbonyl (C=O) groups is 3. The summed E-state index contributed by atoms with van der Waals surface area (Å²) in [5.74, 6) is -2.85. The topological polar surface area (TPSA) is 113 Å². The largest absolute Gasteiger partial charge is 0.507 e. The molecule has 0 bridgehead atoms. The highest BCUT2D eigenvalue weighted by atomic mass is 35.5. The molecule has 4 rings (SSSR count). The van der Waals surface area contributed by atoms with Gasteiger partial charge >= 0.3 is 5.97 Å². The van der Waals surface area contributed by atoms with Crippen molar-refractivity contribution in [1.29, 1.82) is 0 Å². The molecule has 38 heavy (non-hydrogen) atoms. The summed E-state index contributed by atoms with van der Waals surface area (Å²) in [6.07, 6.45) is 2.21. The molecule has 3 aromatic rings. The first-order chi connectivity index (χ1) is 18.2. The van der Waals surface area contributed by atoms with Crippen LogP contribution in [0.4, 0.5) is 5.69 Å². The molecular formula is C28H21Cl2NO7. The summed E-state index contributed by atoms with van der Waals surface area (Å²) in [5, 5.41) is 20.8. The Labute approximate surface area is 227 Å². The summed E-state index contributed by atoms with van der Waals surface area (Å²) in [4.78, 5) is 39.0. The van der Waals surface area contributed by atoms with Gasteiger partial charge in [0.15, 0.2) is 0 Å². The van der Waals surface area contributed by atoms with E-state index in [-0.39, 0.29) is 34.2 Å². The maximum atomic E-state index is 13.5. The minimum atomic E-state index is -1.15. The molecule has 10 heteroatoms. The zero-order chi connectivity index (χ0) is 27.4. The highest BCUT2D eigenvalue weighted by Crippen LogP contribution is 2.46. The number of aliphatic hydroxyl groups excluding tert-OH is 1. The number of methoxy groups -OCH3 is 1. The third-order valence-electron chi connectivity index (χ3n) is 5.78. The Morgan fingerprint density at radius 2 is 1.74 bits per heavy atom. The molecule has 0 aromatic heterocycles. The number of carbonyl (C=O) groups excluding carboxylic acids is 2. The van der Waals surface area contributed by atoms with Crippen LogP contribution in [0.5, 0.6) is 11.5 Å². The summed E-state index contributed by atoms with van der Waals surface area (Å²) < 4.78 is 11.1. The van der Waals surface area contributed by atoms with E-state index in [0.29, 0.717) is 16.3 Å². The summed E-state index contributed by atoms with van der Waals surface area (Å²) in [5.41, 5.74) is 0.721. The van der Waals surface area contributed by atoms with Crippen molar-refractivity contribution in [2.45, 2.75) is 6.04 Å². The van der Waals surface area contributed by atoms with Crippen LogP contribution in [0, 0.1) is 0 Å². The van der Waals surface area contributed by atoms with Crippen LogP contribution >= 0.6 is 23.2 Å². The molecule has 1 atom stereocenters. The van der Waals surface area contributed by atoms with Gasteiger partial charge in [-0.3, -0.25) is 14.5 Å². The van der Waals surface area contributed by atoms with Gasteiger partial charge in [-0.15, -0.1) is 0 Å². The number of ketones is 1. The van der Waals surface area contributed by atoms with Crippen LogP contribution in [-0.4, -0.2) is 41.6 Å². The first-order valence-corrected chi connectivity index (χ1v) is 12.0. The van der Waals surface area contributed by atoms with E-state index in [1.807, 2.05) is 0 Å². The number of rotatable bonds is 8. The van der Waals surface area contributed by atoms with Crippen molar-refractivity contribution in [3.8, 4) is 11.5 Å². The molecule has 3 aromatic carbocycles. The van der Waals surface area contributed by atoms with Crippen LogP contribution < -0.4 is 14.4 Å². The fourth-order valence-corrected chi connectivity index (χ4v) is 4.41. The Morgan fingerprint density at radius 1 is 1.03 bits per heavy atom. The Bertz CT molecular complexity index is 1460. The summed E-state index contributed by atoms with van der Waals surface area (Å²) in [7, 11) is 1.45. The normalized spacial score (nSPS) is 16.7. The second-order valence-corrected chi connectivity index (χ2v) is 8.93. The Balaban J connectivity index is 1.91. The molecular weight excluding hydrogens is 533 g/mol. The number of nitrogens with zero attached hydrogens (tertiary/aromatic N) is 1. The van der Waals surface area contributed by atoms with E-state index >= 15 is 0 Å². The molecule has 0 radical (unpaired) electrons. The van der Waals surface area contributed by atoms with E-state index in [1.54, 1.807) is 60.7 Å². The Kier molecular flexibility index (Phi) is 8.05. The number of carboxylic acid groups (broad SMARTS) is 1. The molecule has 1 amide bonds. The molecule has 0 spiro atoms. The third-order valence-corrected chi connectivity index (χ3v) is 6.36. The van der Waals surface area contributed by atoms with Gasteiger partial charge in [0.2, 0.25) is 0 Å². The number of hydrogen-bond acceptors (Lipinski definition) is 6. The van der Waals surface area contributed by atoms with Crippen molar-refractivity contribution < 1.29 is 34.1 Å². The van der Waals surface area contributed by atoms with E-state index in [4.69, 9.17) is 37.8 Å². The van der Waals surface area contributed by atoms with E-state index < -0.39 is 29.5 Å². The lowest BCUT2D eigenvalue weighted by Gasteiger charge is -2.27. The second kappa shape index (κ2) is 11.4. The van der Waals surface area contributed by atoms with Crippen LogP contribution in [0.1, 0.15) is 17.2 Å². The number of amides is 1. The first kappa shape index (κ1) is 26.8. The lowest BCUT2D eigenvalue weighted by atomic mass is 9.95. The van der Waals surface area contributed by atoms with Gasteiger partial charge in [-0.1, -0.05) is 47.5 Å². The van der Waals surface area contributed by atoms with Gasteiger partial charge in [0.1, 0.15) is 23.9 Å². The SMILES string of the molecule is COc1ccc(N2C(=O)C(=O)C(=C(O)c3ccccc3Cl)C2c2ccc(Cl)cc2)c(OCC=CC(=O)O)c1. The molecule has 1 fully saturated rings. The summed E-state index contributed by atoms with van der Waals surface area (Å²) in [6.45, 7) is -0.137. The lowest BCUT2D eigenvalue weighted by molar-refractivity contribution is -0.132. The van der Waals surface area contributed by atoms with Crippen LogP contribution in [-0.2, 0) is 14.4 Å². The van der Waals surface area contributed by atoms with Crippen molar-refractivity contribution in [2.75, 3.05) is 18.6 Å². The first-order valence-electron chi connectivity index (χ1n) is 11.2. The molecule has 0 saturated carbocycles. The van der Waals surface area contributed by atoms with Crippen molar-refractivity contribution in [3.05, 3.63) is 106 Å². The molecule has 1 aliphatic rings. The van der Waals surface area contributed by atoms with Gasteiger partial charge < -0.3 is 19.7 Å². The molecule has 194 valence electrons. The smallest absolute Gasteiger partial charge is 0.328 e. The minimum absolute atomic E-state index is 0.137. The zero-order valence-corrected chi connectivity index (χ0v) is 21.4. The zero-order valence-electron chi connectivity index (χ0n) is 19.9.